The van der Waals surface area contributed by atoms with Crippen molar-refractivity contribution in [3.63, 3.8) is 0 Å². The second kappa shape index (κ2) is 4.58. The first-order chi connectivity index (χ1) is 7.41. The number of benzene rings is 1. The number of halogens is 5. The Kier molecular flexibility index (Phi) is 3.73. The van der Waals surface area contributed by atoms with Gasteiger partial charge in [-0.2, -0.15) is 0 Å². The van der Waals surface area contributed by atoms with Gasteiger partial charge in [-0.1, -0.05) is 12.1 Å². The molecule has 3 nitrogen and oxygen atoms in total. The van der Waals surface area contributed by atoms with Gasteiger partial charge in [-0.3, -0.25) is 0 Å². The van der Waals surface area contributed by atoms with E-state index < -0.39 is 24.5 Å². The van der Waals surface area contributed by atoms with Crippen LogP contribution in [0.5, 0.6) is 11.5 Å². The van der Waals surface area contributed by atoms with Gasteiger partial charge in [0, 0.05) is 5.56 Å². The van der Waals surface area contributed by atoms with Gasteiger partial charge < -0.3 is 15.2 Å². The minimum atomic E-state index is -3.83. The van der Waals surface area contributed by atoms with Gasteiger partial charge in [-0.05, 0) is 6.07 Å². The van der Waals surface area contributed by atoms with E-state index in [0.29, 0.717) is 0 Å². The molecule has 17 heavy (non-hydrogen) atoms. The molecule has 1 aliphatic rings. The van der Waals surface area contributed by atoms with E-state index >= 15 is 0 Å². The topological polar surface area (TPSA) is 44.5 Å². The third kappa shape index (κ3) is 2.55. The van der Waals surface area contributed by atoms with Crippen LogP contribution >= 0.6 is 12.4 Å². The van der Waals surface area contributed by atoms with E-state index in [9.17, 15) is 17.6 Å². The molecule has 1 aliphatic heterocycles. The van der Waals surface area contributed by atoms with Gasteiger partial charge in [-0.25, -0.2) is 8.78 Å². The number of rotatable bonds is 2. The highest BCUT2D eigenvalue weighted by atomic mass is 35.5. The molecule has 0 bridgehead atoms. The quantitative estimate of drug-likeness (QED) is 0.843. The summed E-state index contributed by atoms with van der Waals surface area (Å²) in [4.78, 5) is 0. The molecule has 1 atom stereocenters. The molecule has 1 heterocycles. The zero-order valence-electron chi connectivity index (χ0n) is 8.20. The van der Waals surface area contributed by atoms with E-state index in [1.54, 1.807) is 0 Å². The van der Waals surface area contributed by atoms with Gasteiger partial charge >= 0.3 is 6.29 Å². The first-order valence-electron chi connectivity index (χ1n) is 4.33. The lowest BCUT2D eigenvalue weighted by molar-refractivity contribution is -0.287. The Morgan fingerprint density at radius 2 is 1.82 bits per heavy atom. The van der Waals surface area contributed by atoms with Crippen LogP contribution in [0.25, 0.3) is 0 Å². The van der Waals surface area contributed by atoms with Crippen LogP contribution in [0.4, 0.5) is 17.6 Å². The van der Waals surface area contributed by atoms with Crippen LogP contribution in [-0.2, 0) is 0 Å². The molecule has 0 unspecified atom stereocenters. The Morgan fingerprint density at radius 3 is 2.41 bits per heavy atom. The van der Waals surface area contributed by atoms with Crippen LogP contribution < -0.4 is 15.2 Å². The summed E-state index contributed by atoms with van der Waals surface area (Å²) in [6.45, 7) is 0. The summed E-state index contributed by atoms with van der Waals surface area (Å²) in [5.41, 5.74) is 4.96. The molecule has 0 saturated heterocycles. The van der Waals surface area contributed by atoms with E-state index in [4.69, 9.17) is 5.73 Å². The first kappa shape index (κ1) is 13.9. The zero-order chi connectivity index (χ0) is 11.9. The number of fused-ring (bicyclic) bond motifs is 1. The van der Waals surface area contributed by atoms with E-state index in [1.165, 1.54) is 18.2 Å². The van der Waals surface area contributed by atoms with Crippen LogP contribution in [0, 0.1) is 0 Å². The molecule has 8 heteroatoms. The maximum absolute atomic E-state index is 12.7. The van der Waals surface area contributed by atoms with E-state index in [0.717, 1.165) is 0 Å². The monoisotopic (exact) mass is 273 g/mol. The van der Waals surface area contributed by atoms with Crippen LogP contribution in [-0.4, -0.2) is 12.7 Å². The molecule has 2 rings (SSSR count). The number of para-hydroxylation sites is 1. The number of nitrogens with two attached hydrogens (primary N) is 1. The molecule has 0 aromatic heterocycles. The smallest absolute Gasteiger partial charge is 0.395 e. The Morgan fingerprint density at radius 1 is 1.18 bits per heavy atom. The molecule has 0 aliphatic carbocycles. The predicted octanol–water partition coefficient (Wildman–Crippen LogP) is 2.69. The molecule has 0 radical (unpaired) electrons. The second-order valence-corrected chi connectivity index (χ2v) is 3.20. The summed E-state index contributed by atoms with van der Waals surface area (Å²) >= 11 is 0. The number of ether oxygens (including phenoxy) is 2. The van der Waals surface area contributed by atoms with Crippen molar-refractivity contribution in [1.29, 1.82) is 0 Å². The van der Waals surface area contributed by atoms with Crippen molar-refractivity contribution >= 4 is 12.4 Å². The average Bonchev–Trinajstić information content (AvgIpc) is 2.49. The SMILES string of the molecule is Cl.N[C@H](c1cccc2c1OC(F)(F)O2)C(F)F. The Balaban J connectivity index is 0.00000144. The molecular formula is C9H8ClF4NO2. The van der Waals surface area contributed by atoms with Gasteiger partial charge in [-0.15, -0.1) is 21.2 Å². The fourth-order valence-corrected chi connectivity index (χ4v) is 1.39. The molecule has 1 aromatic carbocycles. The van der Waals surface area contributed by atoms with E-state index in [2.05, 4.69) is 9.47 Å². The number of hydrogen-bond acceptors (Lipinski definition) is 3. The third-order valence-electron chi connectivity index (χ3n) is 2.09. The van der Waals surface area contributed by atoms with Gasteiger partial charge in [0.2, 0.25) is 0 Å². The minimum Gasteiger partial charge on any atom is -0.395 e. The van der Waals surface area contributed by atoms with E-state index in [-0.39, 0.29) is 23.7 Å². The largest absolute Gasteiger partial charge is 0.586 e. The molecule has 0 spiro atoms. The van der Waals surface area contributed by atoms with Crippen molar-refractivity contribution in [2.45, 2.75) is 18.8 Å². The summed E-state index contributed by atoms with van der Waals surface area (Å²) in [5.74, 6) is -0.723. The van der Waals surface area contributed by atoms with Crippen LogP contribution in [0.1, 0.15) is 11.6 Å². The summed E-state index contributed by atoms with van der Waals surface area (Å²) < 4.78 is 58.4. The minimum absolute atomic E-state index is 0. The van der Waals surface area contributed by atoms with Gasteiger partial charge in [0.1, 0.15) is 0 Å². The van der Waals surface area contributed by atoms with Gasteiger partial charge in [0.25, 0.3) is 6.43 Å². The van der Waals surface area contributed by atoms with Crippen LogP contribution in [0.15, 0.2) is 18.2 Å². The van der Waals surface area contributed by atoms with E-state index in [1.807, 2.05) is 0 Å². The lowest BCUT2D eigenvalue weighted by Gasteiger charge is -2.12. The maximum atomic E-state index is 12.7. The van der Waals surface area contributed by atoms with Crippen molar-refractivity contribution in [2.24, 2.45) is 5.73 Å². The first-order valence-corrected chi connectivity index (χ1v) is 4.33. The Labute approximate surface area is 99.9 Å². The third-order valence-corrected chi connectivity index (χ3v) is 2.09. The highest BCUT2D eigenvalue weighted by molar-refractivity contribution is 5.85. The lowest BCUT2D eigenvalue weighted by atomic mass is 10.1. The average molecular weight is 274 g/mol. The molecule has 1 aromatic rings. The predicted molar refractivity (Wildman–Crippen MR) is 52.8 cm³/mol. The van der Waals surface area contributed by atoms with Crippen molar-refractivity contribution in [3.05, 3.63) is 23.8 Å². The number of alkyl halides is 4. The zero-order valence-corrected chi connectivity index (χ0v) is 9.02. The number of hydrogen-bond donors (Lipinski definition) is 1. The second-order valence-electron chi connectivity index (χ2n) is 3.20. The lowest BCUT2D eigenvalue weighted by Crippen LogP contribution is -2.26. The van der Waals surface area contributed by atoms with Crippen molar-refractivity contribution in [1.82, 2.24) is 0 Å². The van der Waals surface area contributed by atoms with Gasteiger partial charge in [0.15, 0.2) is 11.5 Å². The molecule has 0 amide bonds. The molecule has 0 saturated carbocycles. The highest BCUT2D eigenvalue weighted by Gasteiger charge is 2.45. The van der Waals surface area contributed by atoms with Gasteiger partial charge in [0.05, 0.1) is 6.04 Å². The normalized spacial score (nSPS) is 17.8. The van der Waals surface area contributed by atoms with Crippen LogP contribution in [0.2, 0.25) is 0 Å². The molecular weight excluding hydrogens is 266 g/mol. The Hall–Kier alpha value is -1.21. The molecule has 0 fully saturated rings. The van der Waals surface area contributed by atoms with Crippen molar-refractivity contribution in [3.8, 4) is 11.5 Å². The molecule has 96 valence electrons. The fraction of sp³-hybridized carbons (Fsp3) is 0.333. The summed E-state index contributed by atoms with van der Waals surface area (Å²) in [6.07, 6.45) is -6.70. The van der Waals surface area contributed by atoms with Crippen molar-refractivity contribution in [2.75, 3.05) is 0 Å². The Bertz CT molecular complexity index is 416. The maximum Gasteiger partial charge on any atom is 0.586 e. The summed E-state index contributed by atoms with van der Waals surface area (Å²) in [5, 5.41) is 0. The highest BCUT2D eigenvalue weighted by Crippen LogP contribution is 2.45. The standard InChI is InChI=1S/C9H7F4NO2.ClH/c10-8(11)6(14)4-2-1-3-5-7(4)16-9(12,13)15-5;/h1-3,6,8H,14H2;1H/t6-;/m1./s1. The fourth-order valence-electron chi connectivity index (χ4n) is 1.39. The summed E-state index contributed by atoms with van der Waals surface area (Å²) in [7, 11) is 0. The van der Waals surface area contributed by atoms with Crippen LogP contribution in [0.3, 0.4) is 0 Å². The molecule has 2 N–H and O–H groups in total. The van der Waals surface area contributed by atoms with Crippen molar-refractivity contribution < 1.29 is 27.0 Å². The summed E-state index contributed by atoms with van der Waals surface area (Å²) in [6, 6.07) is 1.99.